The molecule has 1 atom stereocenters. The Labute approximate surface area is 125 Å². The molecule has 0 saturated carbocycles. The number of hydrogen-bond acceptors (Lipinski definition) is 2. The standard InChI is InChI=1S/C16H31NO2Si/c1-14(2,3)20(6,7)19-12-16-9-8-10-17(16)13(18)15(4,5)11-16/h8-12H2,1-7H3. The van der Waals surface area contributed by atoms with Gasteiger partial charge in [-0.3, -0.25) is 4.79 Å². The van der Waals surface area contributed by atoms with Crippen LogP contribution in [0.4, 0.5) is 0 Å². The van der Waals surface area contributed by atoms with E-state index in [0.717, 1.165) is 32.4 Å². The lowest BCUT2D eigenvalue weighted by Gasteiger charge is -2.40. The highest BCUT2D eigenvalue weighted by Crippen LogP contribution is 2.49. The van der Waals surface area contributed by atoms with E-state index in [9.17, 15) is 4.79 Å². The zero-order valence-electron chi connectivity index (χ0n) is 14.3. The molecule has 20 heavy (non-hydrogen) atoms. The average molecular weight is 298 g/mol. The highest BCUT2D eigenvalue weighted by atomic mass is 28.4. The van der Waals surface area contributed by atoms with Gasteiger partial charge in [0.15, 0.2) is 8.32 Å². The average Bonchev–Trinajstić information content (AvgIpc) is 2.74. The quantitative estimate of drug-likeness (QED) is 0.742. The fourth-order valence-electron chi connectivity index (χ4n) is 3.44. The fraction of sp³-hybridized carbons (Fsp3) is 0.938. The summed E-state index contributed by atoms with van der Waals surface area (Å²) in [5.74, 6) is 0.328. The van der Waals surface area contributed by atoms with Crippen molar-refractivity contribution in [2.24, 2.45) is 5.41 Å². The van der Waals surface area contributed by atoms with Gasteiger partial charge in [-0.25, -0.2) is 0 Å². The van der Waals surface area contributed by atoms with Crippen LogP contribution in [0.2, 0.25) is 18.1 Å². The lowest BCUT2D eigenvalue weighted by Crippen LogP contribution is -2.50. The van der Waals surface area contributed by atoms with Crippen LogP contribution >= 0.6 is 0 Å². The molecule has 0 aliphatic carbocycles. The normalized spacial score (nSPS) is 29.9. The Morgan fingerprint density at radius 2 is 1.90 bits per heavy atom. The summed E-state index contributed by atoms with van der Waals surface area (Å²) in [6.45, 7) is 17.2. The number of carbonyl (C=O) groups is 1. The van der Waals surface area contributed by atoms with Crippen LogP contribution in [-0.2, 0) is 9.22 Å². The molecular formula is C16H31NO2Si. The van der Waals surface area contributed by atoms with Crippen molar-refractivity contribution in [3.05, 3.63) is 0 Å². The van der Waals surface area contributed by atoms with Crippen molar-refractivity contribution in [3.63, 3.8) is 0 Å². The number of fused-ring (bicyclic) bond motifs is 1. The monoisotopic (exact) mass is 297 g/mol. The first-order valence-corrected chi connectivity index (χ1v) is 10.8. The zero-order valence-corrected chi connectivity index (χ0v) is 15.3. The summed E-state index contributed by atoms with van der Waals surface area (Å²) in [7, 11) is -1.74. The molecule has 0 aromatic heterocycles. The van der Waals surface area contributed by atoms with E-state index in [1.54, 1.807) is 0 Å². The highest BCUT2D eigenvalue weighted by Gasteiger charge is 2.57. The van der Waals surface area contributed by atoms with Crippen LogP contribution in [0.25, 0.3) is 0 Å². The molecule has 0 radical (unpaired) electrons. The van der Waals surface area contributed by atoms with E-state index >= 15 is 0 Å². The molecule has 2 fully saturated rings. The van der Waals surface area contributed by atoms with Gasteiger partial charge in [-0.05, 0) is 37.4 Å². The van der Waals surface area contributed by atoms with Gasteiger partial charge in [-0.1, -0.05) is 34.6 Å². The maximum Gasteiger partial charge on any atom is 0.228 e. The Bertz CT molecular complexity index is 411. The van der Waals surface area contributed by atoms with Crippen LogP contribution in [0.1, 0.15) is 53.9 Å². The number of nitrogens with zero attached hydrogens (tertiary/aromatic N) is 1. The summed E-state index contributed by atoms with van der Waals surface area (Å²) in [6.07, 6.45) is 3.19. The predicted molar refractivity (Wildman–Crippen MR) is 85.2 cm³/mol. The summed E-state index contributed by atoms with van der Waals surface area (Å²) in [4.78, 5) is 14.6. The smallest absolute Gasteiger partial charge is 0.228 e. The molecule has 2 heterocycles. The van der Waals surface area contributed by atoms with E-state index in [-0.39, 0.29) is 16.0 Å². The Hall–Kier alpha value is -0.353. The first-order valence-electron chi connectivity index (χ1n) is 7.87. The van der Waals surface area contributed by atoms with Crippen LogP contribution in [0, 0.1) is 5.41 Å². The minimum Gasteiger partial charge on any atom is -0.414 e. The Kier molecular flexibility index (Phi) is 3.66. The van der Waals surface area contributed by atoms with Gasteiger partial charge in [0.25, 0.3) is 0 Å². The summed E-state index contributed by atoms with van der Waals surface area (Å²) in [5.41, 5.74) is -0.229. The molecule has 4 heteroatoms. The molecule has 2 aliphatic rings. The molecule has 0 N–H and O–H groups in total. The summed E-state index contributed by atoms with van der Waals surface area (Å²) < 4.78 is 6.47. The Morgan fingerprint density at radius 1 is 1.30 bits per heavy atom. The second kappa shape index (κ2) is 4.57. The topological polar surface area (TPSA) is 29.5 Å². The molecule has 3 nitrogen and oxygen atoms in total. The zero-order chi connectivity index (χ0) is 15.4. The van der Waals surface area contributed by atoms with E-state index in [4.69, 9.17) is 4.43 Å². The Balaban J connectivity index is 2.15. The summed E-state index contributed by atoms with van der Waals surface area (Å²) in [6, 6.07) is 0. The van der Waals surface area contributed by atoms with Gasteiger partial charge in [0.2, 0.25) is 5.91 Å². The fourth-order valence-corrected chi connectivity index (χ4v) is 4.50. The molecule has 2 aliphatic heterocycles. The van der Waals surface area contributed by atoms with Crippen LogP contribution < -0.4 is 0 Å². The second-order valence-corrected chi connectivity index (χ2v) is 13.7. The summed E-state index contributed by atoms with van der Waals surface area (Å²) in [5, 5.41) is 0.227. The minimum atomic E-state index is -1.74. The minimum absolute atomic E-state index is 0.0178. The van der Waals surface area contributed by atoms with Gasteiger partial charge in [0, 0.05) is 12.0 Å². The van der Waals surface area contributed by atoms with Gasteiger partial charge in [0.05, 0.1) is 12.1 Å². The van der Waals surface area contributed by atoms with E-state index in [0.29, 0.717) is 5.91 Å². The van der Waals surface area contributed by atoms with E-state index in [1.807, 2.05) is 0 Å². The molecule has 2 saturated heterocycles. The third-order valence-electron chi connectivity index (χ3n) is 5.70. The highest BCUT2D eigenvalue weighted by molar-refractivity contribution is 6.74. The van der Waals surface area contributed by atoms with Crippen molar-refractivity contribution >= 4 is 14.2 Å². The van der Waals surface area contributed by atoms with Crippen LogP contribution in [0.3, 0.4) is 0 Å². The third kappa shape index (κ3) is 2.45. The lowest BCUT2D eigenvalue weighted by atomic mass is 9.82. The van der Waals surface area contributed by atoms with Crippen molar-refractivity contribution in [3.8, 4) is 0 Å². The lowest BCUT2D eigenvalue weighted by molar-refractivity contribution is -0.136. The van der Waals surface area contributed by atoms with Crippen molar-refractivity contribution in [1.29, 1.82) is 0 Å². The number of hydrogen-bond donors (Lipinski definition) is 0. The van der Waals surface area contributed by atoms with Crippen LogP contribution in [0.5, 0.6) is 0 Å². The molecule has 0 bridgehead atoms. The molecule has 0 aromatic carbocycles. The molecule has 0 spiro atoms. The molecular weight excluding hydrogens is 266 g/mol. The van der Waals surface area contributed by atoms with E-state index in [2.05, 4.69) is 52.6 Å². The summed E-state index contributed by atoms with van der Waals surface area (Å²) >= 11 is 0. The van der Waals surface area contributed by atoms with Crippen LogP contribution in [-0.4, -0.2) is 37.8 Å². The number of rotatable bonds is 3. The van der Waals surface area contributed by atoms with Gasteiger partial charge >= 0.3 is 0 Å². The van der Waals surface area contributed by atoms with Crippen LogP contribution in [0.15, 0.2) is 0 Å². The van der Waals surface area contributed by atoms with Gasteiger partial charge in [-0.2, -0.15) is 0 Å². The van der Waals surface area contributed by atoms with E-state index in [1.165, 1.54) is 0 Å². The maximum absolute atomic E-state index is 12.5. The predicted octanol–water partition coefficient (Wildman–Crippen LogP) is 3.80. The van der Waals surface area contributed by atoms with Crippen molar-refractivity contribution in [2.75, 3.05) is 13.2 Å². The first-order chi connectivity index (χ1) is 8.91. The number of amides is 1. The molecule has 1 amide bonds. The number of carbonyl (C=O) groups excluding carboxylic acids is 1. The van der Waals surface area contributed by atoms with Gasteiger partial charge < -0.3 is 9.33 Å². The molecule has 2 rings (SSSR count). The Morgan fingerprint density at radius 3 is 2.45 bits per heavy atom. The first kappa shape index (κ1) is 16.0. The SMILES string of the molecule is CC1(C)CC2(CO[Si](C)(C)C(C)(C)C)CCCN2C1=O. The molecule has 0 aromatic rings. The van der Waals surface area contributed by atoms with Gasteiger partial charge in [0.1, 0.15) is 0 Å². The maximum atomic E-state index is 12.5. The largest absolute Gasteiger partial charge is 0.414 e. The molecule has 1 unspecified atom stereocenters. The van der Waals surface area contributed by atoms with Crippen molar-refractivity contribution in [2.45, 2.75) is 77.6 Å². The van der Waals surface area contributed by atoms with Crippen molar-refractivity contribution < 1.29 is 9.22 Å². The van der Waals surface area contributed by atoms with Crippen molar-refractivity contribution in [1.82, 2.24) is 4.90 Å². The molecule has 116 valence electrons. The van der Waals surface area contributed by atoms with E-state index < -0.39 is 8.32 Å². The third-order valence-corrected chi connectivity index (χ3v) is 10.2. The van der Waals surface area contributed by atoms with Gasteiger partial charge in [-0.15, -0.1) is 0 Å². The second-order valence-electron chi connectivity index (χ2n) is 8.89.